The van der Waals surface area contributed by atoms with Gasteiger partial charge in [0.1, 0.15) is 17.3 Å². The summed E-state index contributed by atoms with van der Waals surface area (Å²) in [5.41, 5.74) is 13.6. The third kappa shape index (κ3) is 6.68. The van der Waals surface area contributed by atoms with Crippen molar-refractivity contribution in [3.05, 3.63) is 212 Å². The van der Waals surface area contributed by atoms with E-state index in [-0.39, 0.29) is 40.6 Å². The van der Waals surface area contributed by atoms with Crippen molar-refractivity contribution >= 4 is 32.8 Å². The van der Waals surface area contributed by atoms with Gasteiger partial charge in [-0.05, 0) is 115 Å². The Morgan fingerprint density at radius 1 is 0.552 bits per heavy atom. The van der Waals surface area contributed by atoms with Crippen LogP contribution in [0.2, 0.25) is 0 Å². The highest BCUT2D eigenvalue weighted by atomic mass is 16.5. The summed E-state index contributed by atoms with van der Waals surface area (Å²) in [6.07, 6.45) is 5.75. The molecule has 5 nitrogen and oxygen atoms in total. The van der Waals surface area contributed by atoms with Crippen LogP contribution in [0.1, 0.15) is 59.5 Å². The number of pyridine rings is 1. The van der Waals surface area contributed by atoms with Gasteiger partial charge in [-0.25, -0.2) is 4.98 Å². The van der Waals surface area contributed by atoms with Gasteiger partial charge in [0.05, 0.1) is 40.3 Å². The summed E-state index contributed by atoms with van der Waals surface area (Å²) >= 11 is 0. The molecule has 0 unspecified atom stereocenters. The third-order valence-corrected chi connectivity index (χ3v) is 13.2. The highest BCUT2D eigenvalue weighted by Crippen LogP contribution is 2.48. The monoisotopic (exact) mass is 871 g/mol. The molecule has 0 saturated heterocycles. The Labute approximate surface area is 398 Å². The maximum Gasteiger partial charge on any atom is 0.269 e. The fourth-order valence-electron chi connectivity index (χ4n) is 10.0. The first-order valence-corrected chi connectivity index (χ1v) is 22.8. The Bertz CT molecular complexity index is 4030. The maximum absolute atomic E-state index is 9.21. The molecule has 12 rings (SSSR count). The van der Waals surface area contributed by atoms with Crippen molar-refractivity contribution in [2.45, 2.75) is 52.4 Å². The molecular weight excluding hydrogens is 817 g/mol. The number of hydrogen-bond donors (Lipinski definition) is 0. The van der Waals surface area contributed by atoms with Gasteiger partial charge in [0.2, 0.25) is 0 Å². The lowest BCUT2D eigenvalue weighted by atomic mass is 9.80. The minimum absolute atomic E-state index is 0.0519. The SMILES string of the molecule is [2H]c1c([2H])c([2H])c(-c2cccc3c2-c2cccc(C(C)(C)C)c2-[n+]2[c-]n(-c4cccc(Oc5ccc6c7ccccc7n(-c7cc(C(C)(C)C)ccn7)c6c5)c4)c4cccc(c42)-c2ccccc2-3)c([2H])c1[2H]. The van der Waals surface area contributed by atoms with E-state index in [1.54, 1.807) is 0 Å². The minimum Gasteiger partial charge on any atom is -0.458 e. The van der Waals surface area contributed by atoms with Crippen molar-refractivity contribution in [1.82, 2.24) is 14.1 Å². The Hall–Kier alpha value is -8.02. The molecule has 8 aromatic carbocycles. The van der Waals surface area contributed by atoms with Gasteiger partial charge in [0.25, 0.3) is 6.33 Å². The topological polar surface area (TPSA) is 35.9 Å². The van der Waals surface area contributed by atoms with Crippen LogP contribution in [0.15, 0.2) is 194 Å². The first-order chi connectivity index (χ1) is 34.6. The Morgan fingerprint density at radius 3 is 2.03 bits per heavy atom. The van der Waals surface area contributed by atoms with Crippen molar-refractivity contribution in [1.29, 1.82) is 0 Å². The van der Waals surface area contributed by atoms with Gasteiger partial charge < -0.3 is 4.74 Å². The van der Waals surface area contributed by atoms with Crippen molar-refractivity contribution in [2.24, 2.45) is 0 Å². The van der Waals surface area contributed by atoms with E-state index < -0.39 is 6.04 Å². The van der Waals surface area contributed by atoms with Crippen molar-refractivity contribution in [3.8, 4) is 73.2 Å². The van der Waals surface area contributed by atoms with E-state index in [0.29, 0.717) is 17.1 Å². The molecule has 3 aromatic heterocycles. The van der Waals surface area contributed by atoms with Crippen LogP contribution in [0, 0.1) is 6.33 Å². The smallest absolute Gasteiger partial charge is 0.269 e. The van der Waals surface area contributed by atoms with E-state index in [4.69, 9.17) is 13.8 Å². The Balaban J connectivity index is 1.07. The van der Waals surface area contributed by atoms with Gasteiger partial charge in [-0.1, -0.05) is 175 Å². The molecule has 4 heterocycles. The normalized spacial score (nSPS) is 13.4. The third-order valence-electron chi connectivity index (χ3n) is 13.2. The number of imidazole rings is 1. The molecule has 324 valence electrons. The molecule has 1 aliphatic heterocycles. The number of rotatable bonds is 5. The molecule has 0 fully saturated rings. The summed E-state index contributed by atoms with van der Waals surface area (Å²) in [6.45, 7) is 13.2. The maximum atomic E-state index is 9.21. The van der Waals surface area contributed by atoms with E-state index in [1.807, 2.05) is 54.7 Å². The summed E-state index contributed by atoms with van der Waals surface area (Å²) in [5, 5.41) is 2.25. The molecule has 0 saturated carbocycles. The predicted molar refractivity (Wildman–Crippen MR) is 275 cm³/mol. The molecule has 11 aromatic rings. The van der Waals surface area contributed by atoms with Crippen LogP contribution in [-0.2, 0) is 10.8 Å². The fourth-order valence-corrected chi connectivity index (χ4v) is 10.0. The summed E-state index contributed by atoms with van der Waals surface area (Å²) in [7, 11) is 0. The quantitative estimate of drug-likeness (QED) is 0.128. The van der Waals surface area contributed by atoms with E-state index >= 15 is 0 Å². The van der Waals surface area contributed by atoms with Crippen molar-refractivity contribution in [3.63, 3.8) is 0 Å². The van der Waals surface area contributed by atoms with Crippen LogP contribution in [0.3, 0.4) is 0 Å². The molecule has 1 aliphatic rings. The van der Waals surface area contributed by atoms with Gasteiger partial charge in [-0.15, -0.1) is 0 Å². The zero-order chi connectivity index (χ0) is 50.0. The predicted octanol–water partition coefficient (Wildman–Crippen LogP) is 15.6. The lowest BCUT2D eigenvalue weighted by Crippen LogP contribution is -2.35. The summed E-state index contributed by atoms with van der Waals surface area (Å²) in [6, 6.07) is 52.3. The Kier molecular flexibility index (Phi) is 8.05. The number of nitrogens with zero attached hydrogens (tertiary/aromatic N) is 4. The average molecular weight is 872 g/mol. The highest BCUT2D eigenvalue weighted by Gasteiger charge is 2.30. The number of hydrogen-bond acceptors (Lipinski definition) is 2. The molecule has 0 radical (unpaired) electrons. The molecule has 0 N–H and O–H groups in total. The number of ether oxygens (including phenoxy) is 1. The van der Waals surface area contributed by atoms with Crippen LogP contribution in [-0.4, -0.2) is 14.1 Å². The molecule has 0 spiro atoms. The lowest BCUT2D eigenvalue weighted by molar-refractivity contribution is -0.572. The summed E-state index contributed by atoms with van der Waals surface area (Å²) in [5.74, 6) is 2.19. The van der Waals surface area contributed by atoms with Crippen LogP contribution >= 0.6 is 0 Å². The van der Waals surface area contributed by atoms with Crippen LogP contribution < -0.4 is 9.30 Å². The van der Waals surface area contributed by atoms with Gasteiger partial charge in [-0.3, -0.25) is 13.7 Å². The number of para-hydroxylation sites is 3. The lowest BCUT2D eigenvalue weighted by Gasteiger charge is -2.27. The first-order valence-electron chi connectivity index (χ1n) is 25.3. The largest absolute Gasteiger partial charge is 0.458 e. The second kappa shape index (κ2) is 15.3. The number of fused-ring (bicyclic) bond motifs is 10. The molecule has 0 bridgehead atoms. The fraction of sp³-hybridized carbons (Fsp3) is 0.129. The van der Waals surface area contributed by atoms with Gasteiger partial charge >= 0.3 is 0 Å². The van der Waals surface area contributed by atoms with Gasteiger partial charge in [0, 0.05) is 23.0 Å². The van der Waals surface area contributed by atoms with E-state index in [9.17, 15) is 2.74 Å². The minimum atomic E-state index is -0.427. The van der Waals surface area contributed by atoms with E-state index in [0.717, 1.165) is 89.0 Å². The summed E-state index contributed by atoms with van der Waals surface area (Å²) in [4.78, 5) is 4.89. The molecule has 67 heavy (non-hydrogen) atoms. The number of benzene rings is 8. The summed E-state index contributed by atoms with van der Waals surface area (Å²) < 4.78 is 57.7. The Morgan fingerprint density at radius 2 is 1.21 bits per heavy atom. The molecular formula is C62H50N4O. The molecule has 5 heteroatoms. The molecule has 0 amide bonds. The molecule has 0 aliphatic carbocycles. The van der Waals surface area contributed by atoms with Crippen molar-refractivity contribution in [2.75, 3.05) is 0 Å². The highest BCUT2D eigenvalue weighted by molar-refractivity contribution is 6.09. The van der Waals surface area contributed by atoms with Gasteiger partial charge in [0.15, 0.2) is 0 Å². The standard InChI is InChI=1S/C62H50N4O/c1-61(2,3)41-34-35-63-57(36-41)66-54-30-13-12-24-48(54)49-33-32-44(38-56(49)66)67-43-21-14-20-42(37-43)64-39-65-59-52(28-16-29-53(59)62(4,5)6)58-45(40-18-8-7-9-19-40)25-15-26-50(58)46-22-10-11-23-47(46)51-27-17-31-55(64)60(51)65/h7-38H,1-6H3/i7D,8D,9D,18D,19D. The second-order valence-electron chi connectivity index (χ2n) is 19.5. The zero-order valence-electron chi connectivity index (χ0n) is 43.3. The van der Waals surface area contributed by atoms with Crippen LogP contribution in [0.25, 0.3) is 94.5 Å². The van der Waals surface area contributed by atoms with Gasteiger partial charge in [-0.2, -0.15) is 0 Å². The van der Waals surface area contributed by atoms with Crippen molar-refractivity contribution < 1.29 is 16.2 Å². The molecule has 0 atom stereocenters. The van der Waals surface area contributed by atoms with Crippen LogP contribution in [0.5, 0.6) is 11.5 Å². The second-order valence-corrected chi connectivity index (χ2v) is 19.5. The van der Waals surface area contributed by atoms with Crippen LogP contribution in [0.4, 0.5) is 0 Å². The first kappa shape index (κ1) is 35.3. The number of aromatic nitrogens is 4. The van der Waals surface area contributed by atoms with E-state index in [2.05, 4.69) is 171 Å². The average Bonchev–Trinajstić information content (AvgIpc) is 3.94. The zero-order valence-corrected chi connectivity index (χ0v) is 38.3. The van der Waals surface area contributed by atoms with E-state index in [1.165, 1.54) is 5.56 Å².